The van der Waals surface area contributed by atoms with E-state index in [4.69, 9.17) is 10.3 Å². The van der Waals surface area contributed by atoms with Crippen molar-refractivity contribution in [2.24, 2.45) is 5.84 Å². The van der Waals surface area contributed by atoms with Gasteiger partial charge in [0, 0.05) is 12.1 Å². The number of halogens is 1. The van der Waals surface area contributed by atoms with Crippen LogP contribution in [0.15, 0.2) is 35.1 Å². The zero-order chi connectivity index (χ0) is 15.4. The Kier molecular flexibility index (Phi) is 4.14. The molecule has 110 valence electrons. The number of hydrogen-bond donors (Lipinski definition) is 3. The van der Waals surface area contributed by atoms with Gasteiger partial charge in [-0.15, -0.1) is 0 Å². The van der Waals surface area contributed by atoms with E-state index < -0.39 is 22.3 Å². The Morgan fingerprint density at radius 1 is 1.48 bits per heavy atom. The maximum Gasteiger partial charge on any atom is 0.285 e. The SMILES string of the molecule is NNc1cc(C(=O)NCc2ccoc2)c([N+](=O)[O-])cc1F. The van der Waals surface area contributed by atoms with Crippen LogP contribution in [-0.4, -0.2) is 10.8 Å². The van der Waals surface area contributed by atoms with Crippen molar-refractivity contribution in [2.75, 3.05) is 5.43 Å². The zero-order valence-electron chi connectivity index (χ0n) is 10.6. The Morgan fingerprint density at radius 3 is 2.81 bits per heavy atom. The van der Waals surface area contributed by atoms with Gasteiger partial charge in [-0.3, -0.25) is 20.8 Å². The van der Waals surface area contributed by atoms with Crippen molar-refractivity contribution >= 4 is 17.3 Å². The molecule has 21 heavy (non-hydrogen) atoms. The van der Waals surface area contributed by atoms with E-state index in [1.165, 1.54) is 12.5 Å². The van der Waals surface area contributed by atoms with Gasteiger partial charge in [-0.05, 0) is 12.1 Å². The molecular weight excluding hydrogens is 283 g/mol. The fourth-order valence-corrected chi connectivity index (χ4v) is 1.68. The van der Waals surface area contributed by atoms with E-state index in [9.17, 15) is 19.3 Å². The lowest BCUT2D eigenvalue weighted by atomic mass is 10.1. The summed E-state index contributed by atoms with van der Waals surface area (Å²) in [6, 6.07) is 3.26. The van der Waals surface area contributed by atoms with E-state index in [2.05, 4.69) is 5.32 Å². The molecule has 0 radical (unpaired) electrons. The summed E-state index contributed by atoms with van der Waals surface area (Å²) in [4.78, 5) is 22.1. The van der Waals surface area contributed by atoms with Crippen LogP contribution in [0.25, 0.3) is 0 Å². The predicted octanol–water partition coefficient (Wildman–Crippen LogP) is 1.54. The van der Waals surface area contributed by atoms with Crippen LogP contribution in [0.1, 0.15) is 15.9 Å². The molecule has 0 aliphatic rings. The summed E-state index contributed by atoms with van der Waals surface area (Å²) in [6.07, 6.45) is 2.85. The van der Waals surface area contributed by atoms with Gasteiger partial charge in [-0.2, -0.15) is 0 Å². The Morgan fingerprint density at radius 2 is 2.24 bits per heavy atom. The number of carbonyl (C=O) groups excluding carboxylic acids is 1. The molecule has 1 aromatic carbocycles. The standard InChI is InChI=1S/C12H11FN4O4/c13-9-4-11(17(19)20)8(3-10(9)16-14)12(18)15-5-7-1-2-21-6-7/h1-4,6,16H,5,14H2,(H,15,18). The van der Waals surface area contributed by atoms with Crippen molar-refractivity contribution in [1.29, 1.82) is 0 Å². The molecule has 4 N–H and O–H groups in total. The number of benzene rings is 1. The summed E-state index contributed by atoms with van der Waals surface area (Å²) in [7, 11) is 0. The summed E-state index contributed by atoms with van der Waals surface area (Å²) >= 11 is 0. The number of hydrazine groups is 1. The second kappa shape index (κ2) is 6.01. The average Bonchev–Trinajstić information content (AvgIpc) is 2.97. The summed E-state index contributed by atoms with van der Waals surface area (Å²) in [5.41, 5.74) is 1.57. The highest BCUT2D eigenvalue weighted by Crippen LogP contribution is 2.25. The van der Waals surface area contributed by atoms with Crippen molar-refractivity contribution < 1.29 is 18.5 Å². The summed E-state index contributed by atoms with van der Waals surface area (Å²) in [6.45, 7) is 0.120. The van der Waals surface area contributed by atoms with Crippen LogP contribution in [0.4, 0.5) is 15.8 Å². The lowest BCUT2D eigenvalue weighted by molar-refractivity contribution is -0.385. The molecule has 2 rings (SSSR count). The van der Waals surface area contributed by atoms with Crippen molar-refractivity contribution in [2.45, 2.75) is 6.54 Å². The molecule has 0 bridgehead atoms. The van der Waals surface area contributed by atoms with Crippen LogP contribution < -0.4 is 16.6 Å². The Bertz CT molecular complexity index is 672. The number of furan rings is 1. The fraction of sp³-hybridized carbons (Fsp3) is 0.0833. The molecule has 0 unspecified atom stereocenters. The Balaban J connectivity index is 2.27. The van der Waals surface area contributed by atoms with E-state index in [1.54, 1.807) is 6.07 Å². The van der Waals surface area contributed by atoms with Gasteiger partial charge in [0.05, 0.1) is 29.2 Å². The zero-order valence-corrected chi connectivity index (χ0v) is 10.6. The fourth-order valence-electron chi connectivity index (χ4n) is 1.68. The first-order chi connectivity index (χ1) is 10.0. The minimum absolute atomic E-state index is 0.120. The van der Waals surface area contributed by atoms with Crippen LogP contribution in [-0.2, 0) is 6.54 Å². The molecule has 1 aromatic heterocycles. The number of nitrogens with zero attached hydrogens (tertiary/aromatic N) is 1. The van der Waals surface area contributed by atoms with Gasteiger partial charge in [0.25, 0.3) is 11.6 Å². The lowest BCUT2D eigenvalue weighted by Crippen LogP contribution is -2.24. The molecule has 2 aromatic rings. The topological polar surface area (TPSA) is 123 Å². The summed E-state index contributed by atoms with van der Waals surface area (Å²) in [5.74, 6) is 3.45. The van der Waals surface area contributed by atoms with Crippen molar-refractivity contribution in [3.63, 3.8) is 0 Å². The molecule has 0 aliphatic carbocycles. The number of hydrogen-bond acceptors (Lipinski definition) is 6. The quantitative estimate of drug-likeness (QED) is 0.436. The number of carbonyl (C=O) groups is 1. The normalized spacial score (nSPS) is 10.2. The monoisotopic (exact) mass is 294 g/mol. The molecule has 1 heterocycles. The Hall–Kier alpha value is -2.94. The van der Waals surface area contributed by atoms with Crippen LogP contribution in [0, 0.1) is 15.9 Å². The number of anilines is 1. The van der Waals surface area contributed by atoms with Gasteiger partial charge in [-0.25, -0.2) is 4.39 Å². The van der Waals surface area contributed by atoms with Crippen LogP contribution in [0.3, 0.4) is 0 Å². The van der Waals surface area contributed by atoms with Gasteiger partial charge >= 0.3 is 0 Å². The number of nitrogens with one attached hydrogen (secondary N) is 2. The largest absolute Gasteiger partial charge is 0.472 e. The number of nitro groups is 1. The molecule has 0 aliphatic heterocycles. The van der Waals surface area contributed by atoms with E-state index >= 15 is 0 Å². The van der Waals surface area contributed by atoms with Crippen molar-refractivity contribution in [1.82, 2.24) is 5.32 Å². The molecule has 0 saturated heterocycles. The van der Waals surface area contributed by atoms with Crippen LogP contribution in [0.5, 0.6) is 0 Å². The van der Waals surface area contributed by atoms with Gasteiger partial charge in [0.15, 0.2) is 5.82 Å². The van der Waals surface area contributed by atoms with Gasteiger partial charge in [-0.1, -0.05) is 0 Å². The summed E-state index contributed by atoms with van der Waals surface area (Å²) < 4.78 is 18.3. The van der Waals surface area contributed by atoms with E-state index in [1.807, 2.05) is 5.43 Å². The molecule has 0 saturated carbocycles. The molecular formula is C12H11FN4O4. The van der Waals surface area contributed by atoms with E-state index in [-0.39, 0.29) is 17.8 Å². The van der Waals surface area contributed by atoms with Crippen molar-refractivity contribution in [3.05, 3.63) is 57.8 Å². The average molecular weight is 294 g/mol. The minimum atomic E-state index is -0.921. The smallest absolute Gasteiger partial charge is 0.285 e. The third-order valence-corrected chi connectivity index (χ3v) is 2.72. The maximum absolute atomic E-state index is 13.5. The minimum Gasteiger partial charge on any atom is -0.472 e. The highest BCUT2D eigenvalue weighted by molar-refractivity contribution is 5.99. The molecule has 1 amide bonds. The lowest BCUT2D eigenvalue weighted by Gasteiger charge is -2.08. The first-order valence-electron chi connectivity index (χ1n) is 5.76. The second-order valence-electron chi connectivity index (χ2n) is 4.06. The van der Waals surface area contributed by atoms with Gasteiger partial charge in [0.1, 0.15) is 5.56 Å². The maximum atomic E-state index is 13.5. The highest BCUT2D eigenvalue weighted by atomic mass is 19.1. The number of amides is 1. The molecule has 0 atom stereocenters. The first-order valence-corrected chi connectivity index (χ1v) is 5.76. The first kappa shape index (κ1) is 14.5. The number of nitro benzene ring substituents is 1. The highest BCUT2D eigenvalue weighted by Gasteiger charge is 2.23. The van der Waals surface area contributed by atoms with Crippen LogP contribution in [0.2, 0.25) is 0 Å². The third kappa shape index (κ3) is 3.15. The molecule has 0 spiro atoms. The number of nitrogen functional groups attached to an aromatic ring is 1. The number of nitrogens with two attached hydrogens (primary N) is 1. The molecule has 9 heteroatoms. The summed E-state index contributed by atoms with van der Waals surface area (Å²) in [5, 5.41) is 13.4. The van der Waals surface area contributed by atoms with E-state index in [0.717, 1.165) is 6.07 Å². The van der Waals surface area contributed by atoms with E-state index in [0.29, 0.717) is 11.6 Å². The third-order valence-electron chi connectivity index (χ3n) is 2.72. The molecule has 0 fully saturated rings. The van der Waals surface area contributed by atoms with Crippen LogP contribution >= 0.6 is 0 Å². The molecule has 8 nitrogen and oxygen atoms in total. The number of rotatable bonds is 5. The Labute approximate surface area is 117 Å². The van der Waals surface area contributed by atoms with Gasteiger partial charge < -0.3 is 15.2 Å². The van der Waals surface area contributed by atoms with Crippen molar-refractivity contribution in [3.8, 4) is 0 Å². The second-order valence-corrected chi connectivity index (χ2v) is 4.06. The van der Waals surface area contributed by atoms with Gasteiger partial charge in [0.2, 0.25) is 0 Å². The predicted molar refractivity (Wildman–Crippen MR) is 70.7 cm³/mol.